The van der Waals surface area contributed by atoms with E-state index >= 15 is 0 Å². The van der Waals surface area contributed by atoms with Gasteiger partial charge in [0, 0.05) is 25.2 Å². The lowest BCUT2D eigenvalue weighted by Crippen LogP contribution is -2.49. The summed E-state index contributed by atoms with van der Waals surface area (Å²) in [6.07, 6.45) is 6.19. The van der Waals surface area contributed by atoms with E-state index in [4.69, 9.17) is 5.73 Å². The van der Waals surface area contributed by atoms with E-state index in [1.54, 1.807) is 0 Å². The summed E-state index contributed by atoms with van der Waals surface area (Å²) in [7, 11) is 1.96. The number of rotatable bonds is 6. The Morgan fingerprint density at radius 1 is 1.28 bits per heavy atom. The van der Waals surface area contributed by atoms with Crippen LogP contribution in [0.2, 0.25) is 0 Å². The van der Waals surface area contributed by atoms with Crippen LogP contribution < -0.4 is 5.73 Å². The Morgan fingerprint density at radius 3 is 2.39 bits per heavy atom. The van der Waals surface area contributed by atoms with Crippen LogP contribution in [-0.2, 0) is 4.79 Å². The minimum Gasteiger partial charge on any atom is -0.336 e. The molecule has 1 aliphatic rings. The Kier molecular flexibility index (Phi) is 6.65. The van der Waals surface area contributed by atoms with Crippen molar-refractivity contribution in [2.45, 2.75) is 58.0 Å². The zero-order valence-electron chi connectivity index (χ0n) is 12.2. The number of carbonyl (C=O) groups excluding carboxylic acids is 1. The van der Waals surface area contributed by atoms with Crippen LogP contribution in [0, 0.1) is 0 Å². The lowest BCUT2D eigenvalue weighted by Gasteiger charge is -2.38. The Morgan fingerprint density at radius 2 is 1.89 bits per heavy atom. The van der Waals surface area contributed by atoms with E-state index in [0.29, 0.717) is 25.2 Å². The fourth-order valence-electron chi connectivity index (χ4n) is 2.88. The van der Waals surface area contributed by atoms with Crippen molar-refractivity contribution in [3.05, 3.63) is 0 Å². The lowest BCUT2D eigenvalue weighted by molar-refractivity contribution is -0.137. The molecule has 0 atom stereocenters. The molecule has 2 N–H and O–H groups in total. The van der Waals surface area contributed by atoms with Crippen molar-refractivity contribution in [2.24, 2.45) is 5.73 Å². The summed E-state index contributed by atoms with van der Waals surface area (Å²) >= 11 is 0. The zero-order chi connectivity index (χ0) is 13.5. The molecule has 0 aromatic heterocycles. The molecule has 1 aliphatic carbocycles. The van der Waals surface area contributed by atoms with Crippen LogP contribution in [-0.4, -0.2) is 54.5 Å². The van der Waals surface area contributed by atoms with Gasteiger partial charge in [0.2, 0.25) is 5.91 Å². The number of hydrogen-bond acceptors (Lipinski definition) is 3. The SMILES string of the molecule is CC(C)N(C(=O)CN(C)CCN)C1CCCCC1. The fraction of sp³-hybridized carbons (Fsp3) is 0.929. The van der Waals surface area contributed by atoms with Crippen LogP contribution in [0.25, 0.3) is 0 Å². The van der Waals surface area contributed by atoms with Crippen LogP contribution in [0.1, 0.15) is 46.0 Å². The number of amides is 1. The normalized spacial score (nSPS) is 17.4. The standard InChI is InChI=1S/C14H29N3O/c1-12(2)17(13-7-5-4-6-8-13)14(18)11-16(3)10-9-15/h12-13H,4-11,15H2,1-3H3. The topological polar surface area (TPSA) is 49.6 Å². The van der Waals surface area contributed by atoms with Gasteiger partial charge in [-0.1, -0.05) is 19.3 Å². The van der Waals surface area contributed by atoms with Gasteiger partial charge in [-0.05, 0) is 33.7 Å². The number of hydrogen-bond donors (Lipinski definition) is 1. The molecule has 4 nitrogen and oxygen atoms in total. The second-order valence-corrected chi connectivity index (χ2v) is 5.71. The maximum Gasteiger partial charge on any atom is 0.237 e. The molecule has 1 amide bonds. The minimum absolute atomic E-state index is 0.257. The van der Waals surface area contributed by atoms with Crippen molar-refractivity contribution in [2.75, 3.05) is 26.7 Å². The third kappa shape index (κ3) is 4.58. The molecule has 0 unspecified atom stereocenters. The smallest absolute Gasteiger partial charge is 0.237 e. The molecule has 1 saturated carbocycles. The maximum atomic E-state index is 12.4. The van der Waals surface area contributed by atoms with Crippen molar-refractivity contribution >= 4 is 5.91 Å². The van der Waals surface area contributed by atoms with Crippen LogP contribution in [0.3, 0.4) is 0 Å². The van der Waals surface area contributed by atoms with E-state index in [2.05, 4.69) is 18.7 Å². The predicted octanol–water partition coefficient (Wildman–Crippen LogP) is 1.45. The van der Waals surface area contributed by atoms with E-state index < -0.39 is 0 Å². The van der Waals surface area contributed by atoms with Gasteiger partial charge < -0.3 is 10.6 Å². The zero-order valence-corrected chi connectivity index (χ0v) is 12.2. The molecule has 106 valence electrons. The van der Waals surface area contributed by atoms with Gasteiger partial charge in [0.25, 0.3) is 0 Å². The molecular weight excluding hydrogens is 226 g/mol. The van der Waals surface area contributed by atoms with Gasteiger partial charge in [-0.15, -0.1) is 0 Å². The Hall–Kier alpha value is -0.610. The van der Waals surface area contributed by atoms with Gasteiger partial charge in [0.05, 0.1) is 6.54 Å². The van der Waals surface area contributed by atoms with Crippen molar-refractivity contribution in [3.63, 3.8) is 0 Å². The summed E-state index contributed by atoms with van der Waals surface area (Å²) in [4.78, 5) is 16.5. The van der Waals surface area contributed by atoms with E-state index in [0.717, 1.165) is 6.54 Å². The molecule has 0 aliphatic heterocycles. The highest BCUT2D eigenvalue weighted by Gasteiger charge is 2.27. The highest BCUT2D eigenvalue weighted by molar-refractivity contribution is 5.78. The van der Waals surface area contributed by atoms with E-state index in [-0.39, 0.29) is 5.91 Å². The monoisotopic (exact) mass is 255 g/mol. The molecule has 1 rings (SSSR count). The van der Waals surface area contributed by atoms with Gasteiger partial charge in [0.1, 0.15) is 0 Å². The van der Waals surface area contributed by atoms with E-state index in [1.807, 2.05) is 11.9 Å². The minimum atomic E-state index is 0.257. The van der Waals surface area contributed by atoms with E-state index in [1.165, 1.54) is 32.1 Å². The largest absolute Gasteiger partial charge is 0.336 e. The quantitative estimate of drug-likeness (QED) is 0.781. The summed E-state index contributed by atoms with van der Waals surface area (Å²) in [5.74, 6) is 0.257. The highest BCUT2D eigenvalue weighted by Crippen LogP contribution is 2.24. The van der Waals surface area contributed by atoms with Gasteiger partial charge >= 0.3 is 0 Å². The Bertz CT molecular complexity index is 249. The van der Waals surface area contributed by atoms with Crippen molar-refractivity contribution < 1.29 is 4.79 Å². The Labute approximate surface area is 111 Å². The summed E-state index contributed by atoms with van der Waals surface area (Å²) in [6, 6.07) is 0.754. The first kappa shape index (κ1) is 15.4. The molecule has 18 heavy (non-hydrogen) atoms. The molecule has 0 heterocycles. The van der Waals surface area contributed by atoms with Gasteiger partial charge in [-0.3, -0.25) is 9.69 Å². The van der Waals surface area contributed by atoms with Gasteiger partial charge in [0.15, 0.2) is 0 Å². The molecule has 0 spiro atoms. The number of carbonyl (C=O) groups is 1. The molecule has 1 fully saturated rings. The van der Waals surface area contributed by atoms with E-state index in [9.17, 15) is 4.79 Å². The first-order valence-electron chi connectivity index (χ1n) is 7.26. The van der Waals surface area contributed by atoms with Crippen LogP contribution in [0.4, 0.5) is 0 Å². The van der Waals surface area contributed by atoms with Crippen molar-refractivity contribution in [1.29, 1.82) is 0 Å². The molecule has 0 aromatic carbocycles. The summed E-state index contributed by atoms with van der Waals surface area (Å²) in [6.45, 7) is 6.12. The van der Waals surface area contributed by atoms with Gasteiger partial charge in [-0.2, -0.15) is 0 Å². The van der Waals surface area contributed by atoms with Crippen molar-refractivity contribution in [1.82, 2.24) is 9.80 Å². The van der Waals surface area contributed by atoms with Crippen LogP contribution in [0.15, 0.2) is 0 Å². The molecule has 0 saturated heterocycles. The molecule has 0 bridgehead atoms. The lowest BCUT2D eigenvalue weighted by atomic mass is 9.93. The number of nitrogens with two attached hydrogens (primary N) is 1. The van der Waals surface area contributed by atoms with Crippen LogP contribution in [0.5, 0.6) is 0 Å². The first-order chi connectivity index (χ1) is 8.56. The predicted molar refractivity (Wildman–Crippen MR) is 75.4 cm³/mol. The average Bonchev–Trinajstić information content (AvgIpc) is 2.30. The summed E-state index contributed by atoms with van der Waals surface area (Å²) in [5, 5.41) is 0. The summed E-state index contributed by atoms with van der Waals surface area (Å²) < 4.78 is 0. The fourth-order valence-corrected chi connectivity index (χ4v) is 2.88. The van der Waals surface area contributed by atoms with Crippen LogP contribution >= 0.6 is 0 Å². The molecule has 4 heteroatoms. The number of nitrogens with zero attached hydrogens (tertiary/aromatic N) is 2. The maximum absolute atomic E-state index is 12.4. The third-order valence-corrected chi connectivity index (χ3v) is 3.73. The average molecular weight is 255 g/mol. The Balaban J connectivity index is 2.57. The summed E-state index contributed by atoms with van der Waals surface area (Å²) in [5.41, 5.74) is 5.52. The molecule has 0 aromatic rings. The van der Waals surface area contributed by atoms with Gasteiger partial charge in [-0.25, -0.2) is 0 Å². The highest BCUT2D eigenvalue weighted by atomic mass is 16.2. The second kappa shape index (κ2) is 7.74. The number of likely N-dealkylation sites (N-methyl/N-ethyl adjacent to an activating group) is 1. The first-order valence-corrected chi connectivity index (χ1v) is 7.26. The molecular formula is C14H29N3O. The van der Waals surface area contributed by atoms with Crippen molar-refractivity contribution in [3.8, 4) is 0 Å². The third-order valence-electron chi connectivity index (χ3n) is 3.73. The molecule has 0 radical (unpaired) electrons. The second-order valence-electron chi connectivity index (χ2n) is 5.71.